The molecular formula is C34H31NO7. The molecule has 1 saturated heterocycles. The summed E-state index contributed by atoms with van der Waals surface area (Å²) < 4.78 is 23.3. The quantitative estimate of drug-likeness (QED) is 0.147. The molecule has 2 unspecified atom stereocenters. The van der Waals surface area contributed by atoms with Gasteiger partial charge in [0.15, 0.2) is 11.5 Å². The minimum absolute atomic E-state index is 0.00104. The number of ketones is 1. The number of rotatable bonds is 9. The zero-order valence-corrected chi connectivity index (χ0v) is 23.4. The molecule has 0 aliphatic carbocycles. The molecule has 8 heteroatoms. The van der Waals surface area contributed by atoms with E-state index in [1.54, 1.807) is 42.5 Å². The van der Waals surface area contributed by atoms with Crippen LogP contribution in [0.25, 0.3) is 5.76 Å². The van der Waals surface area contributed by atoms with Crippen molar-refractivity contribution >= 4 is 17.4 Å². The van der Waals surface area contributed by atoms with Gasteiger partial charge in [0.25, 0.3) is 11.7 Å². The summed E-state index contributed by atoms with van der Waals surface area (Å²) in [6.45, 7) is 4.62. The predicted octanol–water partition coefficient (Wildman–Crippen LogP) is 6.20. The van der Waals surface area contributed by atoms with Crippen molar-refractivity contribution in [1.82, 2.24) is 4.90 Å². The molecular weight excluding hydrogens is 534 g/mol. The first-order valence-corrected chi connectivity index (χ1v) is 14.0. The molecule has 4 aromatic rings. The molecule has 1 aromatic heterocycles. The number of aliphatic hydroxyl groups excluding tert-OH is 1. The van der Waals surface area contributed by atoms with Crippen LogP contribution in [-0.2, 0) is 29.2 Å². The second-order valence-corrected chi connectivity index (χ2v) is 10.4. The van der Waals surface area contributed by atoms with Crippen LogP contribution in [0.1, 0.15) is 47.9 Å². The van der Waals surface area contributed by atoms with E-state index in [-0.39, 0.29) is 24.0 Å². The number of Topliss-reactive ketones (excluding diaryl/α,β-unsaturated/α-hetero) is 1. The summed E-state index contributed by atoms with van der Waals surface area (Å²) in [6, 6.07) is 23.0. The summed E-state index contributed by atoms with van der Waals surface area (Å²) in [5.74, 6) is 0.526. The lowest BCUT2D eigenvalue weighted by atomic mass is 9.94. The maximum atomic E-state index is 13.5. The summed E-state index contributed by atoms with van der Waals surface area (Å²) in [5.41, 5.74) is 2.98. The number of amides is 1. The molecule has 0 bridgehead atoms. The van der Waals surface area contributed by atoms with Crippen LogP contribution in [-0.4, -0.2) is 34.4 Å². The molecule has 2 atom stereocenters. The number of carbonyl (C=O) groups excluding carboxylic acids is 2. The minimum Gasteiger partial charge on any atom is -0.507 e. The molecule has 1 fully saturated rings. The monoisotopic (exact) mass is 565 g/mol. The molecule has 3 aromatic carbocycles. The van der Waals surface area contributed by atoms with Crippen LogP contribution < -0.4 is 14.2 Å². The molecule has 214 valence electrons. The topological polar surface area (TPSA) is 98.4 Å². The highest BCUT2D eigenvalue weighted by molar-refractivity contribution is 6.46. The van der Waals surface area contributed by atoms with E-state index < -0.39 is 17.7 Å². The lowest BCUT2D eigenvalue weighted by Gasteiger charge is -2.25. The number of nitrogens with zero attached hydrogens (tertiary/aromatic N) is 1. The summed E-state index contributed by atoms with van der Waals surface area (Å²) in [5, 5.41) is 11.6. The fourth-order valence-electron chi connectivity index (χ4n) is 5.50. The number of furan rings is 1. The number of aliphatic hydroxyl groups is 1. The van der Waals surface area contributed by atoms with Crippen molar-refractivity contribution in [3.05, 3.63) is 119 Å². The molecule has 42 heavy (non-hydrogen) atoms. The molecule has 3 heterocycles. The highest BCUT2D eigenvalue weighted by Crippen LogP contribution is 2.43. The highest BCUT2D eigenvalue weighted by Gasteiger charge is 2.46. The Kier molecular flexibility index (Phi) is 7.44. The van der Waals surface area contributed by atoms with Gasteiger partial charge < -0.3 is 28.6 Å². The van der Waals surface area contributed by atoms with Crippen LogP contribution in [0.15, 0.2) is 95.1 Å². The summed E-state index contributed by atoms with van der Waals surface area (Å²) >= 11 is 0. The van der Waals surface area contributed by atoms with Gasteiger partial charge in [0.2, 0.25) is 0 Å². The van der Waals surface area contributed by atoms with Crippen LogP contribution in [0.4, 0.5) is 0 Å². The third-order valence-corrected chi connectivity index (χ3v) is 7.44. The highest BCUT2D eigenvalue weighted by atomic mass is 16.5. The predicted molar refractivity (Wildman–Crippen MR) is 155 cm³/mol. The van der Waals surface area contributed by atoms with E-state index >= 15 is 0 Å². The van der Waals surface area contributed by atoms with Crippen molar-refractivity contribution in [2.24, 2.45) is 0 Å². The molecule has 0 saturated carbocycles. The fraction of sp³-hybridized carbons (Fsp3) is 0.235. The Balaban J connectivity index is 1.42. The van der Waals surface area contributed by atoms with Crippen molar-refractivity contribution in [2.45, 2.75) is 45.6 Å². The third kappa shape index (κ3) is 5.23. The molecule has 0 spiro atoms. The van der Waals surface area contributed by atoms with Crippen LogP contribution in [0.5, 0.6) is 17.2 Å². The van der Waals surface area contributed by atoms with E-state index in [4.69, 9.17) is 18.6 Å². The van der Waals surface area contributed by atoms with E-state index in [0.717, 1.165) is 16.9 Å². The zero-order valence-electron chi connectivity index (χ0n) is 23.4. The smallest absolute Gasteiger partial charge is 0.296 e. The molecule has 6 rings (SSSR count). The van der Waals surface area contributed by atoms with Gasteiger partial charge in [-0.25, -0.2) is 0 Å². The van der Waals surface area contributed by atoms with Crippen LogP contribution in [0.3, 0.4) is 0 Å². The van der Waals surface area contributed by atoms with Crippen molar-refractivity contribution in [1.29, 1.82) is 0 Å². The second-order valence-electron chi connectivity index (χ2n) is 10.4. The third-order valence-electron chi connectivity index (χ3n) is 7.44. The SMILES string of the molecule is CCOc1cc(C2/C(=C(\O)c3ccc4c(c3)CC(C)O4)C(=O)C(=O)N2Cc2ccco2)ccc1OCc1ccccc1. The molecule has 1 N–H and O–H groups in total. The summed E-state index contributed by atoms with van der Waals surface area (Å²) in [7, 11) is 0. The lowest BCUT2D eigenvalue weighted by molar-refractivity contribution is -0.140. The average Bonchev–Trinajstić information content (AvgIpc) is 3.71. The molecule has 8 nitrogen and oxygen atoms in total. The van der Waals surface area contributed by atoms with Crippen molar-refractivity contribution in [3.63, 3.8) is 0 Å². The van der Waals surface area contributed by atoms with E-state index in [2.05, 4.69) is 0 Å². The van der Waals surface area contributed by atoms with Crippen LogP contribution in [0.2, 0.25) is 0 Å². The first-order valence-electron chi connectivity index (χ1n) is 14.0. The lowest BCUT2D eigenvalue weighted by Crippen LogP contribution is -2.29. The molecule has 0 radical (unpaired) electrons. The second kappa shape index (κ2) is 11.5. The molecule has 2 aliphatic heterocycles. The number of benzene rings is 3. The number of likely N-dealkylation sites (tertiary alicyclic amines) is 1. The van der Waals surface area contributed by atoms with Gasteiger partial charge in [0, 0.05) is 12.0 Å². The molecule has 1 amide bonds. The van der Waals surface area contributed by atoms with E-state index in [9.17, 15) is 14.7 Å². The van der Waals surface area contributed by atoms with E-state index in [0.29, 0.717) is 48.0 Å². The van der Waals surface area contributed by atoms with Gasteiger partial charge in [-0.2, -0.15) is 0 Å². The van der Waals surface area contributed by atoms with Crippen molar-refractivity contribution < 1.29 is 33.3 Å². The Morgan fingerprint density at radius 2 is 1.81 bits per heavy atom. The summed E-state index contributed by atoms with van der Waals surface area (Å²) in [6.07, 6.45) is 2.23. The van der Waals surface area contributed by atoms with Crippen molar-refractivity contribution in [2.75, 3.05) is 6.61 Å². The van der Waals surface area contributed by atoms with Gasteiger partial charge in [-0.05, 0) is 73.0 Å². The zero-order chi connectivity index (χ0) is 29.2. The Morgan fingerprint density at radius 1 is 0.976 bits per heavy atom. The van der Waals surface area contributed by atoms with Crippen LogP contribution in [0, 0.1) is 0 Å². The standard InChI is InChI=1S/C34H31NO7/c1-3-39-29-18-23(11-14-28(29)41-20-22-8-5-4-6-9-22)31-30(33(37)34(38)35(31)19-26-10-7-15-40-26)32(36)24-12-13-27-25(17-24)16-21(2)42-27/h4-15,17-18,21,31,36H,3,16,19-20H2,1-2H3/b32-30+. The number of hydrogen-bond donors (Lipinski definition) is 1. The first kappa shape index (κ1) is 27.2. The Labute approximate surface area is 243 Å². The Hall–Kier alpha value is -4.98. The van der Waals surface area contributed by atoms with Gasteiger partial charge in [0.05, 0.1) is 31.0 Å². The minimum atomic E-state index is -0.888. The van der Waals surface area contributed by atoms with Gasteiger partial charge >= 0.3 is 0 Å². The molecule has 2 aliphatic rings. The number of hydrogen-bond acceptors (Lipinski definition) is 7. The fourth-order valence-corrected chi connectivity index (χ4v) is 5.50. The maximum absolute atomic E-state index is 13.5. The normalized spacial score (nSPS) is 19.0. The van der Waals surface area contributed by atoms with E-state index in [1.807, 2.05) is 50.2 Å². The first-order chi connectivity index (χ1) is 20.4. The average molecular weight is 566 g/mol. The Bertz CT molecular complexity index is 1640. The van der Waals surface area contributed by atoms with Crippen molar-refractivity contribution in [3.8, 4) is 17.2 Å². The van der Waals surface area contributed by atoms with Gasteiger partial charge in [-0.15, -0.1) is 0 Å². The Morgan fingerprint density at radius 3 is 2.57 bits per heavy atom. The van der Waals surface area contributed by atoms with E-state index in [1.165, 1.54) is 11.2 Å². The number of carbonyl (C=O) groups is 2. The van der Waals surface area contributed by atoms with Crippen LogP contribution >= 0.6 is 0 Å². The maximum Gasteiger partial charge on any atom is 0.296 e. The van der Waals surface area contributed by atoms with Gasteiger partial charge in [-0.3, -0.25) is 9.59 Å². The largest absolute Gasteiger partial charge is 0.507 e. The van der Waals surface area contributed by atoms with Gasteiger partial charge in [0.1, 0.15) is 30.0 Å². The number of fused-ring (bicyclic) bond motifs is 1. The summed E-state index contributed by atoms with van der Waals surface area (Å²) in [4.78, 5) is 28.4. The van der Waals surface area contributed by atoms with Gasteiger partial charge in [-0.1, -0.05) is 36.4 Å². The number of ether oxygens (including phenoxy) is 3.